The molecule has 17 aromatic carbocycles. The molecular formula is C108H66N6O4. The number of nitrogens with zero attached hydrogens (tertiary/aromatic N) is 6. The molecule has 552 valence electrons. The summed E-state index contributed by atoms with van der Waals surface area (Å²) in [5, 5.41) is 8.02. The predicted molar refractivity (Wildman–Crippen MR) is 479 cm³/mol. The molecule has 0 N–H and O–H groups in total. The van der Waals surface area contributed by atoms with E-state index in [4.69, 9.17) is 54.4 Å². The molecule has 10 heteroatoms. The zero-order valence-corrected chi connectivity index (χ0v) is 63.0. The van der Waals surface area contributed by atoms with Crippen LogP contribution >= 0.6 is 0 Å². The Bertz CT molecular complexity index is 8090. The number of para-hydroxylation sites is 5. The molecule has 0 unspecified atom stereocenters. The maximum atomic E-state index is 8.45. The maximum Gasteiger partial charge on any atom is 0.164 e. The number of benzene rings is 17. The van der Waals surface area contributed by atoms with Crippen molar-refractivity contribution in [3.63, 3.8) is 0 Å². The lowest BCUT2D eigenvalue weighted by Crippen LogP contribution is -2.01. The number of furan rings is 4. The molecular weight excluding hydrogens is 1450 g/mol. The van der Waals surface area contributed by atoms with Gasteiger partial charge in [-0.05, 0) is 122 Å². The minimum absolute atomic E-state index is 0.159. The molecule has 0 atom stereocenters. The number of fused-ring (bicyclic) bond motifs is 12. The van der Waals surface area contributed by atoms with Crippen LogP contribution in [0.4, 0.5) is 0 Å². The highest BCUT2D eigenvalue weighted by molar-refractivity contribution is 6.16. The first-order valence-corrected chi connectivity index (χ1v) is 39.0. The van der Waals surface area contributed by atoms with Crippen LogP contribution in [0.1, 0.15) is 6.85 Å². The first kappa shape index (κ1) is 63.5. The number of hydrogen-bond donors (Lipinski definition) is 0. The Morgan fingerprint density at radius 3 is 1.03 bits per heavy atom. The molecule has 0 bridgehead atoms. The Labute approximate surface area is 684 Å². The van der Waals surface area contributed by atoms with E-state index in [1.54, 1.807) is 12.1 Å². The Kier molecular flexibility index (Phi) is 15.7. The summed E-state index contributed by atoms with van der Waals surface area (Å²) in [6, 6.07) is 123. The normalized spacial score (nSPS) is 12.2. The van der Waals surface area contributed by atoms with Crippen LogP contribution in [0.25, 0.3) is 234 Å². The van der Waals surface area contributed by atoms with Crippen molar-refractivity contribution in [3.8, 4) is 146 Å². The molecule has 23 aromatic rings. The molecule has 0 amide bonds. The van der Waals surface area contributed by atoms with Crippen molar-refractivity contribution in [2.45, 2.75) is 0 Å². The summed E-state index contributed by atoms with van der Waals surface area (Å²) in [7, 11) is 0. The van der Waals surface area contributed by atoms with Gasteiger partial charge in [0.2, 0.25) is 0 Å². The predicted octanol–water partition coefficient (Wildman–Crippen LogP) is 29.0. The van der Waals surface area contributed by atoms with E-state index in [1.165, 1.54) is 0 Å². The van der Waals surface area contributed by atoms with Crippen LogP contribution in [0.5, 0.6) is 0 Å². The minimum atomic E-state index is -0.418. The van der Waals surface area contributed by atoms with E-state index in [9.17, 15) is 0 Å². The summed E-state index contributed by atoms with van der Waals surface area (Å²) < 4.78 is 67.2. The van der Waals surface area contributed by atoms with E-state index in [0.29, 0.717) is 51.7 Å². The molecule has 0 aliphatic carbocycles. The van der Waals surface area contributed by atoms with Gasteiger partial charge in [-0.25, -0.2) is 29.9 Å². The van der Waals surface area contributed by atoms with Gasteiger partial charge in [0.1, 0.15) is 44.7 Å². The van der Waals surface area contributed by atoms with E-state index >= 15 is 0 Å². The highest BCUT2D eigenvalue weighted by atomic mass is 16.3. The first-order valence-electron chi connectivity index (χ1n) is 41.5. The smallest absolute Gasteiger partial charge is 0.164 e. The summed E-state index contributed by atoms with van der Waals surface area (Å²) in [5.41, 5.74) is 24.4. The molecule has 6 heterocycles. The van der Waals surface area contributed by atoms with E-state index in [2.05, 4.69) is 182 Å². The Morgan fingerprint density at radius 2 is 0.483 bits per heavy atom. The van der Waals surface area contributed by atoms with Crippen LogP contribution in [0.3, 0.4) is 0 Å². The molecule has 0 aliphatic heterocycles. The SMILES string of the molecule is [2H]c1c([2H])c([2H])c(-c2ccc(-c3cccc4c3oc3cccc(-c5nc(-c6ccccc6)nc(-c6ccc(-c7cccc8c7oc7ccccc78)cc6)n5)c34)cc2)c([2H])c1[2H].c1ccc(-c2cccc(-c3cc(-c4nc(-c5ccccc5)nc(-c5cccc6oc7ccc(-c8ccccc8)cc7c56)n4)cc(-c4cccc5c4oc4ccccc45)c3)c2)cc1. The quantitative estimate of drug-likeness (QED) is 0.110. The van der Waals surface area contributed by atoms with Crippen molar-refractivity contribution in [1.29, 1.82) is 0 Å². The summed E-state index contributed by atoms with van der Waals surface area (Å²) in [4.78, 5) is 31.0. The van der Waals surface area contributed by atoms with E-state index in [1.807, 2.05) is 176 Å². The lowest BCUT2D eigenvalue weighted by Gasteiger charge is -2.13. The van der Waals surface area contributed by atoms with Crippen LogP contribution in [0.2, 0.25) is 0 Å². The largest absolute Gasteiger partial charge is 0.456 e. The fraction of sp³-hybridized carbons (Fsp3) is 0. The van der Waals surface area contributed by atoms with Gasteiger partial charge in [0.15, 0.2) is 34.9 Å². The average molecular weight is 1520 g/mol. The Morgan fingerprint density at radius 1 is 0.169 bits per heavy atom. The van der Waals surface area contributed by atoms with Gasteiger partial charge >= 0.3 is 0 Å². The second-order valence-electron chi connectivity index (χ2n) is 29.1. The minimum Gasteiger partial charge on any atom is -0.456 e. The fourth-order valence-electron chi connectivity index (χ4n) is 16.3. The zero-order valence-electron chi connectivity index (χ0n) is 68.0. The van der Waals surface area contributed by atoms with Gasteiger partial charge in [-0.15, -0.1) is 0 Å². The summed E-state index contributed by atoms with van der Waals surface area (Å²) in [6.07, 6.45) is 0. The van der Waals surface area contributed by atoms with Crippen LogP contribution in [0, 0.1) is 0 Å². The van der Waals surface area contributed by atoms with Crippen LogP contribution in [0.15, 0.2) is 418 Å². The fourth-order valence-corrected chi connectivity index (χ4v) is 16.3. The van der Waals surface area contributed by atoms with E-state index in [0.717, 1.165) is 177 Å². The third-order valence-corrected chi connectivity index (χ3v) is 22.0. The van der Waals surface area contributed by atoms with Gasteiger partial charge in [-0.1, -0.05) is 340 Å². The number of rotatable bonds is 13. The molecule has 0 aliphatic rings. The topological polar surface area (TPSA) is 130 Å². The standard InChI is InChI=1S/C57H35N3O2.C51H31N3O2/c1-4-15-36(16-5-1)39-21-12-22-40(31-39)42-32-43(45-24-13-25-47-46-23-10-11-27-50(46)62-54(45)47)34-44(33-42)56-58-55(38-19-8-3-9-20-38)59-57(60-56)48-26-14-28-52-53(48)49-35-41(29-30-51(49)61-52)37-17-6-2-7-18-37;1-3-12-32(13-4-1)33-24-26-34(27-25-33)39-18-10-20-42-46-43(21-11-23-45(46)56-48(39)42)51-53-49(36-14-5-2-6-15-36)52-50(54-51)37-30-28-35(29-31-37)38-17-9-19-41-40-16-7-8-22-44(40)55-47(38)41/h1-35H;1-31H/i;1D,3D,4D,12D,13D. The van der Waals surface area contributed by atoms with Crippen molar-refractivity contribution in [2.75, 3.05) is 0 Å². The van der Waals surface area contributed by atoms with Gasteiger partial charge < -0.3 is 17.7 Å². The molecule has 23 rings (SSSR count). The summed E-state index contributed by atoms with van der Waals surface area (Å²) >= 11 is 0. The Hall–Kier alpha value is -16.0. The van der Waals surface area contributed by atoms with Crippen molar-refractivity contribution in [3.05, 3.63) is 400 Å². The molecule has 0 saturated carbocycles. The van der Waals surface area contributed by atoms with Gasteiger partial charge in [-0.3, -0.25) is 0 Å². The number of hydrogen-bond acceptors (Lipinski definition) is 10. The van der Waals surface area contributed by atoms with Crippen molar-refractivity contribution in [2.24, 2.45) is 0 Å². The highest BCUT2D eigenvalue weighted by Gasteiger charge is 2.24. The van der Waals surface area contributed by atoms with Gasteiger partial charge in [0.25, 0.3) is 0 Å². The third-order valence-electron chi connectivity index (χ3n) is 22.0. The second-order valence-corrected chi connectivity index (χ2v) is 29.1. The van der Waals surface area contributed by atoms with Crippen molar-refractivity contribution < 1.29 is 24.5 Å². The third kappa shape index (κ3) is 12.6. The van der Waals surface area contributed by atoms with E-state index in [-0.39, 0.29) is 29.7 Å². The number of aromatic nitrogens is 6. The second kappa shape index (κ2) is 29.2. The zero-order chi connectivity index (χ0) is 82.3. The van der Waals surface area contributed by atoms with Crippen molar-refractivity contribution in [1.82, 2.24) is 29.9 Å². The van der Waals surface area contributed by atoms with Crippen LogP contribution in [-0.4, -0.2) is 29.9 Å². The molecule has 10 nitrogen and oxygen atoms in total. The monoisotopic (exact) mass is 1520 g/mol. The van der Waals surface area contributed by atoms with Gasteiger partial charge in [0, 0.05) is 93.2 Å². The molecule has 0 fully saturated rings. The lowest BCUT2D eigenvalue weighted by atomic mass is 9.93. The molecule has 6 aromatic heterocycles. The average Bonchev–Trinajstić information content (AvgIpc) is 1.63. The molecule has 118 heavy (non-hydrogen) atoms. The maximum absolute atomic E-state index is 8.45. The van der Waals surface area contributed by atoms with E-state index < -0.39 is 6.04 Å². The van der Waals surface area contributed by atoms with Gasteiger partial charge in [0.05, 0.1) is 6.85 Å². The van der Waals surface area contributed by atoms with Crippen LogP contribution < -0.4 is 0 Å². The molecule has 0 radical (unpaired) electrons. The highest BCUT2D eigenvalue weighted by Crippen LogP contribution is 2.46. The lowest BCUT2D eigenvalue weighted by molar-refractivity contribution is 0.669. The molecule has 0 spiro atoms. The van der Waals surface area contributed by atoms with Crippen molar-refractivity contribution >= 4 is 87.8 Å². The first-order chi connectivity index (χ1) is 60.5. The van der Waals surface area contributed by atoms with Gasteiger partial charge in [-0.2, -0.15) is 0 Å². The Balaban J connectivity index is 0.000000147. The summed E-state index contributed by atoms with van der Waals surface area (Å²) in [5.74, 6) is 3.27. The molecule has 0 saturated heterocycles. The van der Waals surface area contributed by atoms with Crippen LogP contribution in [-0.2, 0) is 0 Å². The summed E-state index contributed by atoms with van der Waals surface area (Å²) in [6.45, 7) is 0.